The third kappa shape index (κ3) is 11.6. The first-order chi connectivity index (χ1) is 18.2. The second-order valence-corrected chi connectivity index (χ2v) is 7.91. The highest BCUT2D eigenvalue weighted by atomic mass is 35.5. The molecule has 1 aromatic heterocycles. The smallest absolute Gasteiger partial charge is 0.422 e. The van der Waals surface area contributed by atoms with Crippen molar-refractivity contribution in [1.82, 2.24) is 20.3 Å². The van der Waals surface area contributed by atoms with Crippen LogP contribution in [0.4, 0.5) is 30.8 Å². The molecule has 6 N–H and O–H groups in total. The molecule has 0 atom stereocenters. The van der Waals surface area contributed by atoms with E-state index < -0.39 is 24.8 Å². The Labute approximate surface area is 228 Å². The summed E-state index contributed by atoms with van der Waals surface area (Å²) in [5.74, 6) is -0.503. The molecule has 0 spiro atoms. The van der Waals surface area contributed by atoms with Crippen molar-refractivity contribution in [3.05, 3.63) is 59.7 Å². The third-order valence-electron chi connectivity index (χ3n) is 4.83. The number of hydrogen-bond acceptors (Lipinski definition) is 10. The van der Waals surface area contributed by atoms with Crippen molar-refractivity contribution in [2.24, 2.45) is 5.73 Å². The van der Waals surface area contributed by atoms with Crippen LogP contribution in [0.3, 0.4) is 0 Å². The number of nitrogens with one attached hydrogen (secondary N) is 3. The van der Waals surface area contributed by atoms with Crippen LogP contribution in [0.2, 0.25) is 0 Å². The van der Waals surface area contributed by atoms with Gasteiger partial charge in [-0.1, -0.05) is 12.1 Å². The zero-order chi connectivity index (χ0) is 27.4. The van der Waals surface area contributed by atoms with Crippen molar-refractivity contribution >= 4 is 36.0 Å². The quantitative estimate of drug-likeness (QED) is 0.170. The predicted molar refractivity (Wildman–Crippen MR) is 141 cm³/mol. The third-order valence-corrected chi connectivity index (χ3v) is 4.83. The second kappa shape index (κ2) is 15.5. The van der Waals surface area contributed by atoms with Crippen molar-refractivity contribution in [1.29, 1.82) is 0 Å². The van der Waals surface area contributed by atoms with E-state index in [0.29, 0.717) is 24.6 Å². The number of ether oxygens (including phenoxy) is 2. The number of aromatic carboxylic acids is 1. The fourth-order valence-electron chi connectivity index (χ4n) is 3.03. The molecular formula is C24H29ClF3N7O4. The van der Waals surface area contributed by atoms with E-state index >= 15 is 0 Å². The second-order valence-electron chi connectivity index (χ2n) is 7.91. The van der Waals surface area contributed by atoms with E-state index in [-0.39, 0.29) is 36.4 Å². The molecule has 0 radical (unpaired) electrons. The van der Waals surface area contributed by atoms with Crippen LogP contribution in [0.1, 0.15) is 22.3 Å². The first-order valence-corrected chi connectivity index (χ1v) is 11.6. The zero-order valence-corrected chi connectivity index (χ0v) is 21.5. The summed E-state index contributed by atoms with van der Waals surface area (Å²) in [7, 11) is 0. The van der Waals surface area contributed by atoms with Crippen molar-refractivity contribution in [2.75, 3.05) is 43.5 Å². The van der Waals surface area contributed by atoms with Gasteiger partial charge in [0.1, 0.15) is 5.75 Å². The van der Waals surface area contributed by atoms with Gasteiger partial charge in [0.05, 0.1) is 12.2 Å². The number of carboxylic acids is 1. The Hall–Kier alpha value is -3.88. The Morgan fingerprint density at radius 3 is 2.28 bits per heavy atom. The average Bonchev–Trinajstić information content (AvgIpc) is 2.89. The highest BCUT2D eigenvalue weighted by Crippen LogP contribution is 2.21. The molecule has 11 nitrogen and oxygen atoms in total. The number of benzene rings is 2. The summed E-state index contributed by atoms with van der Waals surface area (Å²) in [6.45, 7) is 1.39. The molecule has 0 unspecified atom stereocenters. The minimum absolute atomic E-state index is 0. The minimum atomic E-state index is -4.58. The number of aromatic nitrogens is 3. The number of carbonyl (C=O) groups is 1. The van der Waals surface area contributed by atoms with Gasteiger partial charge in [0.25, 0.3) is 0 Å². The molecule has 0 aliphatic heterocycles. The maximum Gasteiger partial charge on any atom is 0.422 e. The van der Waals surface area contributed by atoms with E-state index in [9.17, 15) is 18.0 Å². The monoisotopic (exact) mass is 571 g/mol. The maximum atomic E-state index is 12.6. The normalized spacial score (nSPS) is 10.9. The van der Waals surface area contributed by atoms with Gasteiger partial charge in [0.15, 0.2) is 6.61 Å². The van der Waals surface area contributed by atoms with Gasteiger partial charge in [-0.25, -0.2) is 4.79 Å². The molecule has 0 amide bonds. The molecule has 0 aliphatic carbocycles. The number of rotatable bonds is 15. The Bertz CT molecular complexity index is 1170. The predicted octanol–water partition coefficient (Wildman–Crippen LogP) is 3.61. The summed E-state index contributed by atoms with van der Waals surface area (Å²) < 4.78 is 48.3. The molecule has 3 rings (SSSR count). The number of alkyl halides is 3. The lowest BCUT2D eigenvalue weighted by Crippen LogP contribution is -2.24. The summed E-state index contributed by atoms with van der Waals surface area (Å²) in [5.41, 5.74) is 6.75. The van der Waals surface area contributed by atoms with Gasteiger partial charge in [-0.3, -0.25) is 0 Å². The Morgan fingerprint density at radius 1 is 0.949 bits per heavy atom. The average molecular weight is 572 g/mol. The van der Waals surface area contributed by atoms with Crippen LogP contribution in [0, 0.1) is 0 Å². The molecule has 15 heteroatoms. The molecule has 39 heavy (non-hydrogen) atoms. The van der Waals surface area contributed by atoms with E-state index in [1.807, 2.05) is 24.3 Å². The van der Waals surface area contributed by atoms with Crippen LogP contribution in [0.25, 0.3) is 0 Å². The molecule has 0 saturated heterocycles. The van der Waals surface area contributed by atoms with Gasteiger partial charge in [0, 0.05) is 25.3 Å². The lowest BCUT2D eigenvalue weighted by Gasteiger charge is -2.12. The van der Waals surface area contributed by atoms with Gasteiger partial charge in [0.2, 0.25) is 11.9 Å². The van der Waals surface area contributed by atoms with Crippen LogP contribution in [0.5, 0.6) is 11.8 Å². The molecule has 3 aromatic rings. The summed E-state index contributed by atoms with van der Waals surface area (Å²) in [6, 6.07) is 12.4. The van der Waals surface area contributed by atoms with E-state index in [4.69, 9.17) is 20.3 Å². The van der Waals surface area contributed by atoms with Crippen LogP contribution in [-0.2, 0) is 6.54 Å². The summed E-state index contributed by atoms with van der Waals surface area (Å²) >= 11 is 0. The zero-order valence-electron chi connectivity index (χ0n) is 20.7. The maximum absolute atomic E-state index is 12.6. The summed E-state index contributed by atoms with van der Waals surface area (Å²) in [5, 5.41) is 18.0. The van der Waals surface area contributed by atoms with Gasteiger partial charge in [-0.15, -0.1) is 12.4 Å². The number of anilines is 3. The molecule has 0 fully saturated rings. The lowest BCUT2D eigenvalue weighted by atomic mass is 10.2. The molecule has 1 heterocycles. The van der Waals surface area contributed by atoms with Gasteiger partial charge >= 0.3 is 18.2 Å². The first kappa shape index (κ1) is 31.3. The molecular weight excluding hydrogens is 543 g/mol. The van der Waals surface area contributed by atoms with Crippen molar-refractivity contribution < 1.29 is 32.5 Å². The lowest BCUT2D eigenvalue weighted by molar-refractivity contribution is -0.154. The van der Waals surface area contributed by atoms with Gasteiger partial charge < -0.3 is 36.3 Å². The number of hydrogen-bond donors (Lipinski definition) is 5. The molecule has 212 valence electrons. The number of nitrogens with two attached hydrogens (primary N) is 1. The highest BCUT2D eigenvalue weighted by Gasteiger charge is 2.29. The fraction of sp³-hybridized carbons (Fsp3) is 0.333. The van der Waals surface area contributed by atoms with Crippen LogP contribution >= 0.6 is 12.4 Å². The topological polar surface area (TPSA) is 157 Å². The number of halogens is 4. The van der Waals surface area contributed by atoms with Gasteiger partial charge in [-0.05, 0) is 54.9 Å². The van der Waals surface area contributed by atoms with E-state index in [1.54, 1.807) is 0 Å². The Morgan fingerprint density at radius 2 is 1.64 bits per heavy atom. The van der Waals surface area contributed by atoms with E-state index in [1.165, 1.54) is 24.3 Å². The van der Waals surface area contributed by atoms with E-state index in [2.05, 4.69) is 30.9 Å². The molecule has 0 saturated carbocycles. The minimum Gasteiger partial charge on any atom is -0.494 e. The van der Waals surface area contributed by atoms with Crippen LogP contribution in [0.15, 0.2) is 48.5 Å². The Kier molecular flexibility index (Phi) is 12.5. The summed E-state index contributed by atoms with van der Waals surface area (Å²) in [4.78, 5) is 23.0. The molecule has 2 aromatic carbocycles. The molecule has 0 bridgehead atoms. The largest absolute Gasteiger partial charge is 0.494 e. The highest BCUT2D eigenvalue weighted by molar-refractivity contribution is 5.88. The van der Waals surface area contributed by atoms with Gasteiger partial charge in [-0.2, -0.15) is 28.1 Å². The van der Waals surface area contributed by atoms with Crippen LogP contribution < -0.4 is 31.2 Å². The SMILES string of the molecule is Cl.NCCNCCCOc1ccc(CNc2nc(Nc3ccc(C(=O)O)cc3)nc(OCC(F)(F)F)n2)cc1. The standard InChI is InChI=1S/C24H28F3N7O4.ClH/c25-24(26,27)15-38-23-33-21(32-22(34-23)31-18-6-4-17(5-7-18)20(35)36)30-14-16-2-8-19(9-3-16)37-13-1-11-29-12-10-28;/h2-9,29H,1,10-15,28H2,(H,35,36)(H2,30,31,32,33,34);1H. The first-order valence-electron chi connectivity index (χ1n) is 11.6. The van der Waals surface area contributed by atoms with Crippen molar-refractivity contribution in [2.45, 2.75) is 19.1 Å². The number of nitrogens with zero attached hydrogens (tertiary/aromatic N) is 3. The van der Waals surface area contributed by atoms with Crippen LogP contribution in [-0.4, -0.2) is 65.1 Å². The van der Waals surface area contributed by atoms with E-state index in [0.717, 1.165) is 25.1 Å². The van der Waals surface area contributed by atoms with Crippen molar-refractivity contribution in [3.63, 3.8) is 0 Å². The number of carboxylic acid groups (broad SMARTS) is 1. The molecule has 0 aliphatic rings. The fourth-order valence-corrected chi connectivity index (χ4v) is 3.03. The van der Waals surface area contributed by atoms with Crippen molar-refractivity contribution in [3.8, 4) is 11.8 Å². The summed E-state index contributed by atoms with van der Waals surface area (Å²) in [6.07, 6.45) is -3.74. The Balaban J connectivity index is 0.00000533.